The summed E-state index contributed by atoms with van der Waals surface area (Å²) in [6, 6.07) is 4.77. The normalized spacial score (nSPS) is 9.53. The number of benzene rings is 1. The summed E-state index contributed by atoms with van der Waals surface area (Å²) in [7, 11) is 1.56. The van der Waals surface area contributed by atoms with Crippen molar-refractivity contribution < 1.29 is 9.53 Å². The molecule has 15 heavy (non-hydrogen) atoms. The predicted octanol–water partition coefficient (Wildman–Crippen LogP) is 1.02. The van der Waals surface area contributed by atoms with Crippen molar-refractivity contribution in [2.75, 3.05) is 7.11 Å². The van der Waals surface area contributed by atoms with Crippen LogP contribution in [0, 0.1) is 0 Å². The first-order valence-corrected chi connectivity index (χ1v) is 4.62. The van der Waals surface area contributed by atoms with E-state index in [0.29, 0.717) is 17.3 Å². The van der Waals surface area contributed by atoms with E-state index < -0.39 is 6.03 Å². The van der Waals surface area contributed by atoms with E-state index >= 15 is 0 Å². The fourth-order valence-corrected chi connectivity index (χ4v) is 1.26. The van der Waals surface area contributed by atoms with E-state index in [4.69, 9.17) is 22.2 Å². The molecule has 0 aliphatic carbocycles. The fraction of sp³-hybridized carbons (Fsp3) is 0.222. The summed E-state index contributed by atoms with van der Waals surface area (Å²) in [4.78, 5) is 10.8. The molecule has 0 heterocycles. The van der Waals surface area contributed by atoms with E-state index in [-0.39, 0.29) is 0 Å². The van der Waals surface area contributed by atoms with Crippen LogP contribution < -0.4 is 21.3 Å². The molecule has 0 bridgehead atoms. The molecule has 0 fully saturated rings. The van der Waals surface area contributed by atoms with Gasteiger partial charge in [0.05, 0.1) is 7.11 Å². The van der Waals surface area contributed by atoms with Crippen molar-refractivity contribution >= 4 is 17.6 Å². The largest absolute Gasteiger partial charge is 0.497 e. The van der Waals surface area contributed by atoms with Gasteiger partial charge >= 0.3 is 6.03 Å². The number of ether oxygens (including phenoxy) is 1. The van der Waals surface area contributed by atoms with Crippen molar-refractivity contribution in [3.63, 3.8) is 0 Å². The Morgan fingerprint density at radius 3 is 2.87 bits per heavy atom. The van der Waals surface area contributed by atoms with Gasteiger partial charge in [0.15, 0.2) is 0 Å². The van der Waals surface area contributed by atoms with Crippen LogP contribution in [0.15, 0.2) is 18.2 Å². The lowest BCUT2D eigenvalue weighted by atomic mass is 10.2. The summed E-state index contributed by atoms with van der Waals surface area (Å²) < 4.78 is 4.99. The highest BCUT2D eigenvalue weighted by molar-refractivity contribution is 6.31. The van der Waals surface area contributed by atoms with Crippen molar-refractivity contribution in [1.82, 2.24) is 10.7 Å². The average molecular weight is 230 g/mol. The Morgan fingerprint density at radius 2 is 2.33 bits per heavy atom. The zero-order chi connectivity index (χ0) is 11.3. The number of hydrogen-bond acceptors (Lipinski definition) is 3. The summed E-state index contributed by atoms with van der Waals surface area (Å²) in [5, 5.41) is 3.06. The molecule has 0 aliphatic rings. The molecular formula is C9H12ClN3O2. The zero-order valence-corrected chi connectivity index (χ0v) is 8.97. The standard InChI is InChI=1S/C9H12ClN3O2/c1-15-7-3-2-6(8(10)4-7)5-12-9(14)13-11/h2-4H,5,11H2,1H3,(H2,12,13,14). The number of methoxy groups -OCH3 is 1. The Morgan fingerprint density at radius 1 is 1.60 bits per heavy atom. The first-order chi connectivity index (χ1) is 7.17. The summed E-state index contributed by atoms with van der Waals surface area (Å²) >= 11 is 5.95. The molecule has 0 radical (unpaired) electrons. The smallest absolute Gasteiger partial charge is 0.329 e. The Balaban J connectivity index is 2.66. The van der Waals surface area contributed by atoms with Gasteiger partial charge in [0, 0.05) is 11.6 Å². The van der Waals surface area contributed by atoms with Crippen LogP contribution in [0.5, 0.6) is 5.75 Å². The maximum atomic E-state index is 10.8. The highest BCUT2D eigenvalue weighted by Gasteiger charge is 2.03. The molecule has 0 aromatic heterocycles. The van der Waals surface area contributed by atoms with Crippen molar-refractivity contribution in [2.45, 2.75) is 6.54 Å². The van der Waals surface area contributed by atoms with Crippen LogP contribution in [0.2, 0.25) is 5.02 Å². The van der Waals surface area contributed by atoms with Gasteiger partial charge in [-0.25, -0.2) is 10.6 Å². The first kappa shape index (κ1) is 11.6. The molecular weight excluding hydrogens is 218 g/mol. The molecule has 6 heteroatoms. The van der Waals surface area contributed by atoms with Gasteiger partial charge in [0.25, 0.3) is 0 Å². The lowest BCUT2D eigenvalue weighted by molar-refractivity contribution is 0.241. The third-order valence-corrected chi connectivity index (χ3v) is 2.18. The van der Waals surface area contributed by atoms with E-state index in [0.717, 1.165) is 5.56 Å². The number of hydrazine groups is 1. The van der Waals surface area contributed by atoms with Crippen molar-refractivity contribution in [2.24, 2.45) is 5.84 Å². The summed E-state index contributed by atoms with van der Waals surface area (Å²) in [6.07, 6.45) is 0. The summed E-state index contributed by atoms with van der Waals surface area (Å²) in [6.45, 7) is 0.311. The maximum Gasteiger partial charge on any atom is 0.329 e. The molecule has 2 amide bonds. The van der Waals surface area contributed by atoms with Crippen LogP contribution in [0.4, 0.5) is 4.79 Å². The van der Waals surface area contributed by atoms with E-state index in [1.807, 2.05) is 5.43 Å². The minimum atomic E-state index is -0.457. The van der Waals surface area contributed by atoms with Gasteiger partial charge in [0.2, 0.25) is 0 Å². The van der Waals surface area contributed by atoms with Gasteiger partial charge in [0.1, 0.15) is 5.75 Å². The second kappa shape index (κ2) is 5.43. The second-order valence-corrected chi connectivity index (χ2v) is 3.19. The molecule has 0 saturated heterocycles. The summed E-state index contributed by atoms with van der Waals surface area (Å²) in [5.74, 6) is 5.58. The Labute approximate surface area is 92.5 Å². The highest BCUT2D eigenvalue weighted by Crippen LogP contribution is 2.21. The molecule has 1 rings (SSSR count). The fourth-order valence-electron chi connectivity index (χ4n) is 1.02. The van der Waals surface area contributed by atoms with Crippen LogP contribution in [-0.4, -0.2) is 13.1 Å². The van der Waals surface area contributed by atoms with Crippen LogP contribution in [0.3, 0.4) is 0 Å². The lowest BCUT2D eigenvalue weighted by Crippen LogP contribution is -2.39. The van der Waals surface area contributed by atoms with Gasteiger partial charge in [-0.05, 0) is 17.7 Å². The Hall–Kier alpha value is -1.46. The molecule has 1 aromatic rings. The minimum absolute atomic E-state index is 0.311. The molecule has 0 aliphatic heterocycles. The molecule has 5 nitrogen and oxygen atoms in total. The highest BCUT2D eigenvalue weighted by atomic mass is 35.5. The van der Waals surface area contributed by atoms with E-state index in [2.05, 4.69) is 5.32 Å². The number of rotatable bonds is 3. The molecule has 0 unspecified atom stereocenters. The van der Waals surface area contributed by atoms with Crippen molar-refractivity contribution in [1.29, 1.82) is 0 Å². The van der Waals surface area contributed by atoms with Gasteiger partial charge in [-0.3, -0.25) is 5.43 Å². The second-order valence-electron chi connectivity index (χ2n) is 2.78. The number of amides is 2. The van der Waals surface area contributed by atoms with Crippen molar-refractivity contribution in [3.05, 3.63) is 28.8 Å². The van der Waals surface area contributed by atoms with Gasteiger partial charge in [-0.2, -0.15) is 0 Å². The van der Waals surface area contributed by atoms with Crippen LogP contribution in [0.25, 0.3) is 0 Å². The molecule has 4 N–H and O–H groups in total. The summed E-state index contributed by atoms with van der Waals surface area (Å²) in [5.41, 5.74) is 2.75. The predicted molar refractivity (Wildman–Crippen MR) is 57.6 cm³/mol. The monoisotopic (exact) mass is 229 g/mol. The Bertz CT molecular complexity index is 357. The maximum absolute atomic E-state index is 10.8. The molecule has 1 aromatic carbocycles. The van der Waals surface area contributed by atoms with Crippen LogP contribution >= 0.6 is 11.6 Å². The quantitative estimate of drug-likeness (QED) is 0.412. The van der Waals surface area contributed by atoms with E-state index in [9.17, 15) is 4.79 Å². The first-order valence-electron chi connectivity index (χ1n) is 4.24. The number of urea groups is 1. The number of hydrogen-bond donors (Lipinski definition) is 3. The molecule has 0 saturated carbocycles. The number of carbonyl (C=O) groups excluding carboxylic acids is 1. The van der Waals surface area contributed by atoms with Gasteiger partial charge in [-0.1, -0.05) is 17.7 Å². The number of nitrogens with one attached hydrogen (secondary N) is 2. The molecule has 0 spiro atoms. The third-order valence-electron chi connectivity index (χ3n) is 1.83. The SMILES string of the molecule is COc1ccc(CNC(=O)NN)c(Cl)c1. The minimum Gasteiger partial charge on any atom is -0.497 e. The Kier molecular flexibility index (Phi) is 4.20. The van der Waals surface area contributed by atoms with Gasteiger partial charge < -0.3 is 10.1 Å². The topological polar surface area (TPSA) is 76.4 Å². The molecule has 82 valence electrons. The third kappa shape index (κ3) is 3.30. The van der Waals surface area contributed by atoms with Crippen LogP contribution in [0.1, 0.15) is 5.56 Å². The number of carbonyl (C=O) groups is 1. The number of nitrogens with two attached hydrogens (primary N) is 1. The zero-order valence-electron chi connectivity index (χ0n) is 8.21. The van der Waals surface area contributed by atoms with E-state index in [1.165, 1.54) is 0 Å². The average Bonchev–Trinajstić information content (AvgIpc) is 2.26. The van der Waals surface area contributed by atoms with E-state index in [1.54, 1.807) is 25.3 Å². The molecule has 0 atom stereocenters. The van der Waals surface area contributed by atoms with Crippen molar-refractivity contribution in [3.8, 4) is 5.75 Å². The number of halogens is 1. The van der Waals surface area contributed by atoms with Crippen LogP contribution in [-0.2, 0) is 6.54 Å². The van der Waals surface area contributed by atoms with Gasteiger partial charge in [-0.15, -0.1) is 0 Å². The lowest BCUT2D eigenvalue weighted by Gasteiger charge is -2.07.